The van der Waals surface area contributed by atoms with Crippen LogP contribution in [0.3, 0.4) is 0 Å². The molecule has 1 saturated heterocycles. The summed E-state index contributed by atoms with van der Waals surface area (Å²) in [5.74, 6) is 0. The van der Waals surface area contributed by atoms with E-state index >= 15 is 0 Å². The van der Waals surface area contributed by atoms with Gasteiger partial charge >= 0.3 is 0 Å². The van der Waals surface area contributed by atoms with Crippen LogP contribution in [0.4, 0.5) is 0 Å². The number of nitrogens with one attached hydrogen (secondary N) is 1. The second-order valence-electron chi connectivity index (χ2n) is 2.69. The first-order chi connectivity index (χ1) is 5.43. The highest BCUT2D eigenvalue weighted by molar-refractivity contribution is 6.25. The van der Waals surface area contributed by atoms with Gasteiger partial charge in [-0.05, 0) is 25.5 Å². The van der Waals surface area contributed by atoms with Crippen molar-refractivity contribution < 1.29 is 4.74 Å². The maximum Gasteiger partial charge on any atom is 0.0659 e. The molecule has 0 saturated carbocycles. The summed E-state index contributed by atoms with van der Waals surface area (Å²) in [5, 5.41) is 3.35. The van der Waals surface area contributed by atoms with Gasteiger partial charge in [0, 0.05) is 11.6 Å². The van der Waals surface area contributed by atoms with Crippen LogP contribution >= 0.6 is 11.6 Å². The van der Waals surface area contributed by atoms with Crippen LogP contribution in [-0.4, -0.2) is 25.8 Å². The second-order valence-corrected chi connectivity index (χ2v) is 2.94. The highest BCUT2D eigenvalue weighted by Crippen LogP contribution is 2.04. The van der Waals surface area contributed by atoms with E-state index < -0.39 is 0 Å². The number of hydrogen-bond donors (Lipinski definition) is 1. The lowest BCUT2D eigenvalue weighted by Gasteiger charge is -2.08. The molecule has 1 unspecified atom stereocenters. The van der Waals surface area contributed by atoms with E-state index in [0.29, 0.717) is 12.6 Å². The first-order valence-electron chi connectivity index (χ1n) is 4.00. The summed E-state index contributed by atoms with van der Waals surface area (Å²) >= 11 is 5.32. The summed E-state index contributed by atoms with van der Waals surface area (Å²) in [6, 6.07) is 0.568. The van der Waals surface area contributed by atoms with Gasteiger partial charge in [-0.25, -0.2) is 0 Å². The summed E-state index contributed by atoms with van der Waals surface area (Å²) in [4.78, 5) is 0. The predicted octanol–water partition coefficient (Wildman–Crippen LogP) is 1.51. The fourth-order valence-electron chi connectivity index (χ4n) is 1.21. The van der Waals surface area contributed by atoms with Gasteiger partial charge in [-0.3, -0.25) is 0 Å². The molecule has 11 heavy (non-hydrogen) atoms. The van der Waals surface area contributed by atoms with Crippen LogP contribution in [0, 0.1) is 0 Å². The number of ether oxygens (including phenoxy) is 1. The molecule has 2 nitrogen and oxygen atoms in total. The van der Waals surface area contributed by atoms with Crippen LogP contribution in [-0.2, 0) is 4.74 Å². The molecule has 64 valence electrons. The molecule has 1 fully saturated rings. The van der Waals surface area contributed by atoms with Crippen molar-refractivity contribution in [3.63, 3.8) is 0 Å². The predicted molar refractivity (Wildman–Crippen MR) is 46.8 cm³/mol. The highest BCUT2D eigenvalue weighted by Gasteiger charge is 2.12. The fraction of sp³-hybridized carbons (Fsp3) is 0.750. The lowest BCUT2D eigenvalue weighted by molar-refractivity contribution is 0.141. The lowest BCUT2D eigenvalue weighted by Crippen LogP contribution is -2.26. The summed E-state index contributed by atoms with van der Waals surface area (Å²) in [5.41, 5.74) is 1.49. The van der Waals surface area contributed by atoms with Crippen molar-refractivity contribution in [2.75, 3.05) is 19.8 Å². The molecule has 3 heteroatoms. The Morgan fingerprint density at radius 3 is 3.18 bits per heavy atom. The molecule has 0 bridgehead atoms. The average molecular weight is 176 g/mol. The van der Waals surface area contributed by atoms with Gasteiger partial charge in [0.05, 0.1) is 13.2 Å². The van der Waals surface area contributed by atoms with Gasteiger partial charge in [0.2, 0.25) is 0 Å². The molecule has 0 aromatic heterocycles. The first-order valence-corrected chi connectivity index (χ1v) is 4.43. The van der Waals surface area contributed by atoms with E-state index in [9.17, 15) is 0 Å². The topological polar surface area (TPSA) is 21.3 Å². The molecule has 1 heterocycles. The summed E-state index contributed by atoms with van der Waals surface area (Å²) in [7, 11) is 0. The summed E-state index contributed by atoms with van der Waals surface area (Å²) in [6.07, 6.45) is 4.32. The van der Waals surface area contributed by atoms with E-state index in [1.807, 2.05) is 0 Å². The lowest BCUT2D eigenvalue weighted by atomic mass is 10.2. The van der Waals surface area contributed by atoms with Crippen molar-refractivity contribution in [2.24, 2.45) is 0 Å². The Labute approximate surface area is 72.6 Å². The van der Waals surface area contributed by atoms with E-state index in [4.69, 9.17) is 16.3 Å². The molecule has 1 aliphatic heterocycles. The third kappa shape index (κ3) is 3.75. The Hall–Kier alpha value is -0.0500. The highest BCUT2D eigenvalue weighted by atomic mass is 35.5. The smallest absolute Gasteiger partial charge is 0.0659 e. The minimum absolute atomic E-state index is 0.568. The Morgan fingerprint density at radius 1 is 1.64 bits per heavy atom. The molecule has 1 N–H and O–H groups in total. The average Bonchev–Trinajstić information content (AvgIpc) is 2.50. The van der Waals surface area contributed by atoms with Crippen LogP contribution in [0.15, 0.2) is 11.6 Å². The minimum atomic E-state index is 0.568. The van der Waals surface area contributed by atoms with E-state index in [0.717, 1.165) is 13.2 Å². The van der Waals surface area contributed by atoms with Crippen molar-refractivity contribution in [3.8, 4) is 0 Å². The Morgan fingerprint density at radius 2 is 2.55 bits per heavy atom. The van der Waals surface area contributed by atoms with E-state index in [1.165, 1.54) is 18.4 Å². The molecule has 0 radical (unpaired) electrons. The van der Waals surface area contributed by atoms with Crippen LogP contribution in [0.1, 0.15) is 12.8 Å². The normalized spacial score (nSPS) is 25.0. The fourth-order valence-corrected chi connectivity index (χ4v) is 1.29. The maximum absolute atomic E-state index is 5.32. The van der Waals surface area contributed by atoms with Gasteiger partial charge in [0.15, 0.2) is 0 Å². The quantitative estimate of drug-likeness (QED) is 0.655. The largest absolute Gasteiger partial charge is 0.376 e. The Balaban J connectivity index is 1.93. The first kappa shape index (κ1) is 9.04. The molecule has 1 rings (SSSR count). The summed E-state index contributed by atoms with van der Waals surface area (Å²) in [6.45, 7) is 2.57. The van der Waals surface area contributed by atoms with E-state index in [-0.39, 0.29) is 0 Å². The van der Waals surface area contributed by atoms with Crippen LogP contribution in [0.2, 0.25) is 0 Å². The molecule has 1 aliphatic rings. The van der Waals surface area contributed by atoms with Gasteiger partial charge < -0.3 is 10.1 Å². The van der Waals surface area contributed by atoms with Gasteiger partial charge in [-0.2, -0.15) is 0 Å². The Kier molecular flexibility index (Phi) is 4.59. The van der Waals surface area contributed by atoms with Crippen molar-refractivity contribution in [2.45, 2.75) is 18.9 Å². The van der Waals surface area contributed by atoms with Gasteiger partial charge in [0.25, 0.3) is 0 Å². The van der Waals surface area contributed by atoms with Crippen molar-refractivity contribution in [1.29, 1.82) is 0 Å². The van der Waals surface area contributed by atoms with Crippen molar-refractivity contribution in [3.05, 3.63) is 11.6 Å². The standard InChI is InChI=1S/C8H14ClNO/c9-4-2-6-11-7-8-3-1-5-10-8/h2,4,8,10H,1,3,5-7H2. The molecule has 1 atom stereocenters. The molecule has 0 aromatic carbocycles. The molecular formula is C8H14ClNO. The molecule has 0 aromatic rings. The van der Waals surface area contributed by atoms with Crippen LogP contribution in [0.5, 0.6) is 0 Å². The zero-order chi connectivity index (χ0) is 7.94. The van der Waals surface area contributed by atoms with Crippen LogP contribution in [0.25, 0.3) is 0 Å². The summed E-state index contributed by atoms with van der Waals surface area (Å²) < 4.78 is 5.32. The van der Waals surface area contributed by atoms with Gasteiger partial charge in [-0.1, -0.05) is 11.6 Å². The number of rotatable bonds is 4. The van der Waals surface area contributed by atoms with Crippen molar-refractivity contribution >= 4 is 11.6 Å². The molecular weight excluding hydrogens is 162 g/mol. The monoisotopic (exact) mass is 175 g/mol. The second kappa shape index (κ2) is 5.58. The zero-order valence-electron chi connectivity index (χ0n) is 6.55. The van der Waals surface area contributed by atoms with E-state index in [2.05, 4.69) is 5.32 Å². The minimum Gasteiger partial charge on any atom is -0.376 e. The molecule has 0 spiro atoms. The maximum atomic E-state index is 5.32. The van der Waals surface area contributed by atoms with Crippen LogP contribution < -0.4 is 5.32 Å². The van der Waals surface area contributed by atoms with Crippen molar-refractivity contribution in [1.82, 2.24) is 5.32 Å². The third-order valence-electron chi connectivity index (χ3n) is 1.78. The van der Waals surface area contributed by atoms with E-state index in [1.54, 1.807) is 6.08 Å². The third-order valence-corrected chi connectivity index (χ3v) is 1.96. The van der Waals surface area contributed by atoms with Gasteiger partial charge in [0.1, 0.15) is 0 Å². The Bertz CT molecular complexity index is 121. The zero-order valence-corrected chi connectivity index (χ0v) is 7.31. The molecule has 0 aliphatic carbocycles. The SMILES string of the molecule is ClC=CCOCC1CCCN1. The molecule has 0 amide bonds. The number of hydrogen-bond acceptors (Lipinski definition) is 2. The van der Waals surface area contributed by atoms with Gasteiger partial charge in [-0.15, -0.1) is 0 Å². The number of halogens is 1.